The summed E-state index contributed by atoms with van der Waals surface area (Å²) in [7, 11) is 0. The first-order valence-corrected chi connectivity index (χ1v) is 5.54. The minimum absolute atomic E-state index is 0.00690. The first kappa shape index (κ1) is 13.8. The van der Waals surface area contributed by atoms with E-state index in [2.05, 4.69) is 0 Å². The molecule has 98 valence electrons. The lowest BCUT2D eigenvalue weighted by Gasteiger charge is -2.27. The molecular weight excluding hydrogens is 226 g/mol. The number of likely N-dealkylation sites (tertiary alicyclic amines) is 1. The zero-order valence-corrected chi connectivity index (χ0v) is 10.5. The van der Waals surface area contributed by atoms with Crippen molar-refractivity contribution in [1.29, 1.82) is 0 Å². The molecule has 1 aliphatic rings. The van der Waals surface area contributed by atoms with Gasteiger partial charge in [0.05, 0.1) is 12.6 Å². The molecule has 6 nitrogen and oxygen atoms in total. The van der Waals surface area contributed by atoms with Gasteiger partial charge in [-0.1, -0.05) is 6.92 Å². The van der Waals surface area contributed by atoms with Crippen molar-refractivity contribution >= 4 is 12.1 Å². The molecule has 1 rings (SSSR count). The smallest absolute Gasteiger partial charge is 0.411 e. The molecule has 1 fully saturated rings. The number of carbonyl (C=O) groups excluding carboxylic acids is 1. The summed E-state index contributed by atoms with van der Waals surface area (Å²) in [6.45, 7) is 6.71. The largest absolute Gasteiger partial charge is 0.480 e. The normalized spacial score (nSPS) is 29.2. The fourth-order valence-electron chi connectivity index (χ4n) is 1.84. The van der Waals surface area contributed by atoms with Gasteiger partial charge in [0, 0.05) is 5.92 Å². The van der Waals surface area contributed by atoms with Crippen molar-refractivity contribution in [1.82, 2.24) is 4.90 Å². The Hall–Kier alpha value is -1.30. The van der Waals surface area contributed by atoms with Crippen molar-refractivity contribution in [3.8, 4) is 0 Å². The lowest BCUT2D eigenvalue weighted by Crippen LogP contribution is -2.45. The second-order valence-corrected chi connectivity index (χ2v) is 5.34. The van der Waals surface area contributed by atoms with E-state index in [1.54, 1.807) is 27.7 Å². The Morgan fingerprint density at radius 3 is 2.29 bits per heavy atom. The van der Waals surface area contributed by atoms with Gasteiger partial charge in [-0.15, -0.1) is 0 Å². The summed E-state index contributed by atoms with van der Waals surface area (Å²) in [5, 5.41) is 18.7. The number of carboxylic acids is 1. The van der Waals surface area contributed by atoms with Gasteiger partial charge < -0.3 is 14.9 Å². The van der Waals surface area contributed by atoms with E-state index in [4.69, 9.17) is 9.84 Å². The third-order valence-electron chi connectivity index (χ3n) is 2.71. The number of rotatable bonds is 1. The van der Waals surface area contributed by atoms with Crippen molar-refractivity contribution in [2.45, 2.75) is 45.4 Å². The van der Waals surface area contributed by atoms with Crippen molar-refractivity contribution in [3.05, 3.63) is 0 Å². The number of β-amino-alcohol motifs (C(OH)–C–C–N with tert-alkyl or cyclic N) is 1. The molecule has 2 N–H and O–H groups in total. The average molecular weight is 245 g/mol. The summed E-state index contributed by atoms with van der Waals surface area (Å²) < 4.78 is 5.11. The number of hydrogen-bond donors (Lipinski definition) is 2. The lowest BCUT2D eigenvalue weighted by molar-refractivity contribution is -0.143. The average Bonchev–Trinajstić information content (AvgIpc) is 2.40. The third-order valence-corrected chi connectivity index (χ3v) is 2.71. The van der Waals surface area contributed by atoms with Gasteiger partial charge in [0.1, 0.15) is 11.6 Å². The summed E-state index contributed by atoms with van der Waals surface area (Å²) >= 11 is 0. The number of ether oxygens (including phenoxy) is 1. The van der Waals surface area contributed by atoms with Crippen LogP contribution in [0.1, 0.15) is 27.7 Å². The van der Waals surface area contributed by atoms with E-state index >= 15 is 0 Å². The Bertz CT molecular complexity index is 322. The molecular formula is C11H19NO5. The molecule has 1 aliphatic heterocycles. The predicted molar refractivity (Wildman–Crippen MR) is 59.5 cm³/mol. The minimum Gasteiger partial charge on any atom is -0.480 e. The number of amides is 1. The maximum atomic E-state index is 11.8. The van der Waals surface area contributed by atoms with Gasteiger partial charge in [-0.2, -0.15) is 0 Å². The van der Waals surface area contributed by atoms with E-state index in [1.807, 2.05) is 0 Å². The first-order valence-electron chi connectivity index (χ1n) is 5.54. The van der Waals surface area contributed by atoms with Gasteiger partial charge in [0.25, 0.3) is 0 Å². The highest BCUT2D eigenvalue weighted by atomic mass is 16.6. The topological polar surface area (TPSA) is 87.1 Å². The van der Waals surface area contributed by atoms with Crippen LogP contribution in [0.15, 0.2) is 0 Å². The summed E-state index contributed by atoms with van der Waals surface area (Å²) in [6.07, 6.45) is -1.53. The van der Waals surface area contributed by atoms with Crippen molar-refractivity contribution < 1.29 is 24.5 Å². The SMILES string of the molecule is CC1C(O)CN(C(=O)OC(C)(C)C)C1C(=O)O. The molecule has 1 heterocycles. The molecule has 0 bridgehead atoms. The predicted octanol–water partition coefficient (Wildman–Crippen LogP) is 0.687. The Morgan fingerprint density at radius 2 is 1.88 bits per heavy atom. The summed E-state index contributed by atoms with van der Waals surface area (Å²) in [5.41, 5.74) is -0.684. The Labute approximate surface area is 100 Å². The Kier molecular flexibility index (Phi) is 3.66. The highest BCUT2D eigenvalue weighted by molar-refractivity contribution is 5.81. The van der Waals surface area contributed by atoms with Crippen LogP contribution < -0.4 is 0 Å². The Balaban J connectivity index is 2.82. The van der Waals surface area contributed by atoms with Gasteiger partial charge in [-0.05, 0) is 20.8 Å². The molecule has 0 saturated carbocycles. The van der Waals surface area contributed by atoms with Crippen LogP contribution in [0.25, 0.3) is 0 Å². The highest BCUT2D eigenvalue weighted by Gasteiger charge is 2.46. The van der Waals surface area contributed by atoms with Crippen molar-refractivity contribution in [2.24, 2.45) is 5.92 Å². The van der Waals surface area contributed by atoms with E-state index in [1.165, 1.54) is 0 Å². The van der Waals surface area contributed by atoms with Gasteiger partial charge in [-0.25, -0.2) is 9.59 Å². The number of carboxylic acid groups (broad SMARTS) is 1. The molecule has 0 aromatic heterocycles. The summed E-state index contributed by atoms with van der Waals surface area (Å²) in [5.74, 6) is -1.63. The second kappa shape index (κ2) is 4.52. The number of carbonyl (C=O) groups is 2. The fraction of sp³-hybridized carbons (Fsp3) is 0.818. The monoisotopic (exact) mass is 245 g/mol. The first-order chi connectivity index (χ1) is 7.63. The van der Waals surface area contributed by atoms with Gasteiger partial charge in [0.15, 0.2) is 0 Å². The third kappa shape index (κ3) is 3.09. The molecule has 0 radical (unpaired) electrons. The molecule has 0 spiro atoms. The standard InChI is InChI=1S/C11H19NO5/c1-6-7(13)5-12(8(6)9(14)15)10(16)17-11(2,3)4/h6-8,13H,5H2,1-4H3,(H,14,15). The summed E-state index contributed by atoms with van der Waals surface area (Å²) in [6, 6.07) is -1.03. The lowest BCUT2D eigenvalue weighted by atomic mass is 10.0. The Morgan fingerprint density at radius 1 is 1.35 bits per heavy atom. The number of hydrogen-bond acceptors (Lipinski definition) is 4. The van der Waals surface area contributed by atoms with E-state index in [0.717, 1.165) is 4.90 Å². The number of nitrogens with zero attached hydrogens (tertiary/aromatic N) is 1. The number of aliphatic carboxylic acids is 1. The molecule has 1 amide bonds. The fourth-order valence-corrected chi connectivity index (χ4v) is 1.84. The van der Waals surface area contributed by atoms with Gasteiger partial charge in [0.2, 0.25) is 0 Å². The van der Waals surface area contributed by atoms with Crippen molar-refractivity contribution in [2.75, 3.05) is 6.54 Å². The van der Waals surface area contributed by atoms with Crippen LogP contribution in [0.5, 0.6) is 0 Å². The molecule has 17 heavy (non-hydrogen) atoms. The second-order valence-electron chi connectivity index (χ2n) is 5.34. The van der Waals surface area contributed by atoms with Crippen molar-refractivity contribution in [3.63, 3.8) is 0 Å². The maximum absolute atomic E-state index is 11.8. The number of aliphatic hydroxyl groups excluding tert-OH is 1. The van der Waals surface area contributed by atoms with Crippen LogP contribution in [0.4, 0.5) is 4.79 Å². The molecule has 3 unspecified atom stereocenters. The van der Waals surface area contributed by atoms with Crippen LogP contribution in [0, 0.1) is 5.92 Å². The van der Waals surface area contributed by atoms with E-state index in [0.29, 0.717) is 0 Å². The van der Waals surface area contributed by atoms with E-state index in [9.17, 15) is 14.7 Å². The molecule has 0 aromatic rings. The van der Waals surface area contributed by atoms with Crippen LogP contribution in [-0.2, 0) is 9.53 Å². The van der Waals surface area contributed by atoms with E-state index < -0.39 is 35.7 Å². The van der Waals surface area contributed by atoms with Crippen LogP contribution in [-0.4, -0.2) is 51.5 Å². The van der Waals surface area contributed by atoms with Crippen LogP contribution in [0.2, 0.25) is 0 Å². The van der Waals surface area contributed by atoms with Gasteiger partial charge >= 0.3 is 12.1 Å². The maximum Gasteiger partial charge on any atom is 0.411 e. The molecule has 0 aliphatic carbocycles. The summed E-state index contributed by atoms with van der Waals surface area (Å²) in [4.78, 5) is 23.9. The van der Waals surface area contributed by atoms with Crippen LogP contribution >= 0.6 is 0 Å². The van der Waals surface area contributed by atoms with Gasteiger partial charge in [-0.3, -0.25) is 4.90 Å². The molecule has 0 aromatic carbocycles. The zero-order chi connectivity index (χ0) is 13.4. The quantitative estimate of drug-likeness (QED) is 0.709. The molecule has 6 heteroatoms. The number of aliphatic hydroxyl groups is 1. The molecule has 3 atom stereocenters. The van der Waals surface area contributed by atoms with Crippen LogP contribution in [0.3, 0.4) is 0 Å². The van der Waals surface area contributed by atoms with E-state index in [-0.39, 0.29) is 6.54 Å². The zero-order valence-electron chi connectivity index (χ0n) is 10.5. The molecule has 1 saturated heterocycles. The minimum atomic E-state index is -1.13. The highest BCUT2D eigenvalue weighted by Crippen LogP contribution is 2.26.